The number of carbonyl (C=O) groups excluding carboxylic acids is 3. The Kier molecular flexibility index (Phi) is 5.51. The number of benzene rings is 2. The van der Waals surface area contributed by atoms with Crippen LogP contribution in [0.25, 0.3) is 10.8 Å². The van der Waals surface area contributed by atoms with Crippen molar-refractivity contribution >= 4 is 34.2 Å². The lowest BCUT2D eigenvalue weighted by Gasteiger charge is -2.13. The van der Waals surface area contributed by atoms with Crippen molar-refractivity contribution in [1.82, 2.24) is 5.32 Å². The second-order valence-electron chi connectivity index (χ2n) is 6.44. The third-order valence-corrected chi connectivity index (χ3v) is 4.41. The second kappa shape index (κ2) is 7.99. The SMILES string of the molecule is COC(=O)CCCNC(=O)c1cc2ccccc2cc1NC(=O)C1CC1. The molecule has 6 heteroatoms. The van der Waals surface area contributed by atoms with Crippen LogP contribution in [0.4, 0.5) is 5.69 Å². The van der Waals surface area contributed by atoms with Gasteiger partial charge in [0.05, 0.1) is 18.4 Å². The molecule has 136 valence electrons. The standard InChI is InChI=1S/C20H22N2O4/c1-26-18(23)7-4-10-21-20(25)16-11-14-5-2-3-6-15(14)12-17(16)22-19(24)13-8-9-13/h2-3,5-6,11-13H,4,7-10H2,1H3,(H,21,25)(H,22,24). The molecular formula is C20H22N2O4. The zero-order valence-electron chi connectivity index (χ0n) is 14.7. The topological polar surface area (TPSA) is 84.5 Å². The van der Waals surface area contributed by atoms with Crippen LogP contribution in [0.2, 0.25) is 0 Å². The summed E-state index contributed by atoms with van der Waals surface area (Å²) in [4.78, 5) is 35.9. The zero-order chi connectivity index (χ0) is 18.5. The second-order valence-corrected chi connectivity index (χ2v) is 6.44. The van der Waals surface area contributed by atoms with E-state index in [4.69, 9.17) is 0 Å². The van der Waals surface area contributed by atoms with Crippen LogP contribution in [0, 0.1) is 5.92 Å². The zero-order valence-corrected chi connectivity index (χ0v) is 14.7. The summed E-state index contributed by atoms with van der Waals surface area (Å²) in [5.74, 6) is -0.563. The molecule has 1 aliphatic rings. The highest BCUT2D eigenvalue weighted by molar-refractivity contribution is 6.08. The van der Waals surface area contributed by atoms with E-state index in [1.807, 2.05) is 30.3 Å². The molecule has 0 atom stereocenters. The van der Waals surface area contributed by atoms with Gasteiger partial charge in [-0.1, -0.05) is 24.3 Å². The molecular weight excluding hydrogens is 332 g/mol. The summed E-state index contributed by atoms with van der Waals surface area (Å²) in [6.45, 7) is 0.358. The number of ether oxygens (including phenoxy) is 1. The summed E-state index contributed by atoms with van der Waals surface area (Å²) in [5, 5.41) is 7.58. The van der Waals surface area contributed by atoms with E-state index in [1.54, 1.807) is 6.07 Å². The first-order valence-corrected chi connectivity index (χ1v) is 8.77. The van der Waals surface area contributed by atoms with Gasteiger partial charge in [0.25, 0.3) is 5.91 Å². The molecule has 1 fully saturated rings. The molecule has 2 amide bonds. The number of hydrogen-bond acceptors (Lipinski definition) is 4. The lowest BCUT2D eigenvalue weighted by atomic mass is 10.0. The number of anilines is 1. The Balaban J connectivity index is 1.76. The Morgan fingerprint density at radius 1 is 1.12 bits per heavy atom. The van der Waals surface area contributed by atoms with Crippen molar-refractivity contribution in [3.8, 4) is 0 Å². The van der Waals surface area contributed by atoms with Crippen molar-refractivity contribution in [3.05, 3.63) is 42.0 Å². The molecule has 0 aliphatic heterocycles. The average molecular weight is 354 g/mol. The molecule has 1 saturated carbocycles. The van der Waals surface area contributed by atoms with Crippen molar-refractivity contribution in [1.29, 1.82) is 0 Å². The van der Waals surface area contributed by atoms with Crippen LogP contribution in [-0.2, 0) is 14.3 Å². The van der Waals surface area contributed by atoms with Crippen LogP contribution >= 0.6 is 0 Å². The minimum absolute atomic E-state index is 0.0416. The normalized spacial score (nSPS) is 13.3. The summed E-state index contributed by atoms with van der Waals surface area (Å²) < 4.78 is 4.58. The predicted octanol–water partition coefficient (Wildman–Crippen LogP) is 2.87. The molecule has 26 heavy (non-hydrogen) atoms. The Labute approximate surface area is 151 Å². The van der Waals surface area contributed by atoms with Crippen molar-refractivity contribution < 1.29 is 19.1 Å². The molecule has 0 spiro atoms. The van der Waals surface area contributed by atoms with Gasteiger partial charge in [0.15, 0.2) is 0 Å². The van der Waals surface area contributed by atoms with Crippen LogP contribution < -0.4 is 10.6 Å². The Morgan fingerprint density at radius 2 is 1.81 bits per heavy atom. The molecule has 6 nitrogen and oxygen atoms in total. The molecule has 2 aromatic rings. The molecule has 0 radical (unpaired) electrons. The van der Waals surface area contributed by atoms with Crippen LogP contribution in [0.3, 0.4) is 0 Å². The Bertz CT molecular complexity index is 843. The maximum Gasteiger partial charge on any atom is 0.305 e. The summed E-state index contributed by atoms with van der Waals surface area (Å²) in [6.07, 6.45) is 2.54. The minimum Gasteiger partial charge on any atom is -0.469 e. The van der Waals surface area contributed by atoms with E-state index in [9.17, 15) is 14.4 Å². The maximum absolute atomic E-state index is 12.6. The average Bonchev–Trinajstić information content (AvgIpc) is 3.49. The van der Waals surface area contributed by atoms with Crippen LogP contribution in [0.5, 0.6) is 0 Å². The smallest absolute Gasteiger partial charge is 0.305 e. The number of carbonyl (C=O) groups is 3. The third-order valence-electron chi connectivity index (χ3n) is 4.41. The van der Waals surface area contributed by atoms with E-state index >= 15 is 0 Å². The first-order chi connectivity index (χ1) is 12.6. The van der Waals surface area contributed by atoms with Gasteiger partial charge in [0, 0.05) is 18.9 Å². The quantitative estimate of drug-likeness (QED) is 0.591. The van der Waals surface area contributed by atoms with Gasteiger partial charge in [0.1, 0.15) is 0 Å². The minimum atomic E-state index is -0.303. The molecule has 0 saturated heterocycles. The number of fused-ring (bicyclic) bond motifs is 1. The van der Waals surface area contributed by atoms with E-state index in [0.717, 1.165) is 23.6 Å². The fourth-order valence-corrected chi connectivity index (χ4v) is 2.74. The highest BCUT2D eigenvalue weighted by Crippen LogP contribution is 2.31. The predicted molar refractivity (Wildman–Crippen MR) is 98.9 cm³/mol. The Morgan fingerprint density at radius 3 is 2.46 bits per heavy atom. The highest BCUT2D eigenvalue weighted by Gasteiger charge is 2.30. The number of methoxy groups -OCH3 is 1. The maximum atomic E-state index is 12.6. The van der Waals surface area contributed by atoms with E-state index < -0.39 is 0 Å². The number of nitrogens with one attached hydrogen (secondary N) is 2. The molecule has 2 aromatic carbocycles. The summed E-state index contributed by atoms with van der Waals surface area (Å²) in [7, 11) is 1.34. The summed E-state index contributed by atoms with van der Waals surface area (Å²) >= 11 is 0. The molecule has 2 N–H and O–H groups in total. The fourth-order valence-electron chi connectivity index (χ4n) is 2.74. The van der Waals surface area contributed by atoms with Gasteiger partial charge in [-0.05, 0) is 42.2 Å². The molecule has 3 rings (SSSR count). The molecule has 0 bridgehead atoms. The van der Waals surface area contributed by atoms with Gasteiger partial charge in [-0.3, -0.25) is 14.4 Å². The van der Waals surface area contributed by atoms with Crippen molar-refractivity contribution in [3.63, 3.8) is 0 Å². The van der Waals surface area contributed by atoms with Gasteiger partial charge in [-0.25, -0.2) is 0 Å². The summed E-state index contributed by atoms with van der Waals surface area (Å²) in [6, 6.07) is 11.3. The third kappa shape index (κ3) is 4.39. The highest BCUT2D eigenvalue weighted by atomic mass is 16.5. The molecule has 0 unspecified atom stereocenters. The first kappa shape index (κ1) is 17.9. The largest absolute Gasteiger partial charge is 0.469 e. The van der Waals surface area contributed by atoms with Crippen molar-refractivity contribution in [2.75, 3.05) is 19.0 Å². The fraction of sp³-hybridized carbons (Fsp3) is 0.350. The van der Waals surface area contributed by atoms with E-state index in [0.29, 0.717) is 24.2 Å². The van der Waals surface area contributed by atoms with Crippen LogP contribution in [0.15, 0.2) is 36.4 Å². The first-order valence-electron chi connectivity index (χ1n) is 8.77. The van der Waals surface area contributed by atoms with Gasteiger partial charge in [0.2, 0.25) is 5.91 Å². The Hall–Kier alpha value is -2.89. The number of esters is 1. The number of hydrogen-bond donors (Lipinski definition) is 2. The van der Waals surface area contributed by atoms with Gasteiger partial charge >= 0.3 is 5.97 Å². The molecule has 1 aliphatic carbocycles. The van der Waals surface area contributed by atoms with Gasteiger partial charge in [-0.2, -0.15) is 0 Å². The van der Waals surface area contributed by atoms with Crippen LogP contribution in [-0.4, -0.2) is 31.4 Å². The lowest BCUT2D eigenvalue weighted by molar-refractivity contribution is -0.140. The van der Waals surface area contributed by atoms with E-state index in [2.05, 4.69) is 15.4 Å². The van der Waals surface area contributed by atoms with E-state index in [-0.39, 0.29) is 30.1 Å². The van der Waals surface area contributed by atoms with Crippen molar-refractivity contribution in [2.24, 2.45) is 5.92 Å². The lowest BCUT2D eigenvalue weighted by Crippen LogP contribution is -2.27. The van der Waals surface area contributed by atoms with Crippen molar-refractivity contribution in [2.45, 2.75) is 25.7 Å². The monoisotopic (exact) mass is 354 g/mol. The molecule has 0 heterocycles. The number of rotatable bonds is 7. The van der Waals surface area contributed by atoms with Crippen LogP contribution in [0.1, 0.15) is 36.0 Å². The number of amides is 2. The van der Waals surface area contributed by atoms with Gasteiger partial charge in [-0.15, -0.1) is 0 Å². The molecule has 0 aromatic heterocycles. The van der Waals surface area contributed by atoms with Gasteiger partial charge < -0.3 is 15.4 Å². The summed E-state index contributed by atoms with van der Waals surface area (Å²) in [5.41, 5.74) is 0.946. The van der Waals surface area contributed by atoms with E-state index in [1.165, 1.54) is 7.11 Å².